The molecule has 0 heterocycles. The molecule has 0 saturated heterocycles. The SMILES string of the molecule is CCNCCCCCCN(C)c1ccc(C)cc1. The van der Waals surface area contributed by atoms with Crippen LogP contribution in [0.5, 0.6) is 0 Å². The van der Waals surface area contributed by atoms with E-state index in [4.69, 9.17) is 0 Å². The minimum atomic E-state index is 1.09. The van der Waals surface area contributed by atoms with E-state index in [1.165, 1.54) is 43.5 Å². The van der Waals surface area contributed by atoms with Crippen molar-refractivity contribution in [2.75, 3.05) is 31.6 Å². The third-order valence-electron chi connectivity index (χ3n) is 3.32. The third-order valence-corrected chi connectivity index (χ3v) is 3.32. The molecule has 0 aromatic heterocycles. The van der Waals surface area contributed by atoms with Crippen LogP contribution in [0.15, 0.2) is 24.3 Å². The summed E-state index contributed by atoms with van der Waals surface area (Å²) in [7, 11) is 2.18. The van der Waals surface area contributed by atoms with Gasteiger partial charge in [0.05, 0.1) is 0 Å². The van der Waals surface area contributed by atoms with E-state index < -0.39 is 0 Å². The number of aryl methyl sites for hydroxylation is 1. The molecular formula is C16H28N2. The molecule has 0 atom stereocenters. The van der Waals surface area contributed by atoms with Crippen molar-refractivity contribution in [3.8, 4) is 0 Å². The topological polar surface area (TPSA) is 15.3 Å². The Labute approximate surface area is 112 Å². The quantitative estimate of drug-likeness (QED) is 0.672. The maximum atomic E-state index is 3.37. The fourth-order valence-electron chi connectivity index (χ4n) is 2.06. The summed E-state index contributed by atoms with van der Waals surface area (Å²) < 4.78 is 0. The lowest BCUT2D eigenvalue weighted by Gasteiger charge is -2.19. The molecule has 0 spiro atoms. The highest BCUT2D eigenvalue weighted by Crippen LogP contribution is 2.14. The van der Waals surface area contributed by atoms with E-state index in [0.717, 1.165) is 13.1 Å². The number of anilines is 1. The number of hydrogen-bond donors (Lipinski definition) is 1. The summed E-state index contributed by atoms with van der Waals surface area (Å²) in [6.45, 7) is 7.72. The number of nitrogens with zero attached hydrogens (tertiary/aromatic N) is 1. The van der Waals surface area contributed by atoms with Crippen LogP contribution in [0.3, 0.4) is 0 Å². The Kier molecular flexibility index (Phi) is 7.51. The zero-order chi connectivity index (χ0) is 13.2. The second kappa shape index (κ2) is 8.98. The van der Waals surface area contributed by atoms with E-state index in [9.17, 15) is 0 Å². The van der Waals surface area contributed by atoms with E-state index in [-0.39, 0.29) is 0 Å². The lowest BCUT2D eigenvalue weighted by molar-refractivity contribution is 0.597. The molecule has 1 N–H and O–H groups in total. The van der Waals surface area contributed by atoms with Crippen LogP contribution in [0, 0.1) is 6.92 Å². The summed E-state index contributed by atoms with van der Waals surface area (Å²) in [6, 6.07) is 8.78. The van der Waals surface area contributed by atoms with Gasteiger partial charge >= 0.3 is 0 Å². The summed E-state index contributed by atoms with van der Waals surface area (Å²) in [5.41, 5.74) is 2.66. The molecule has 0 saturated carbocycles. The average molecular weight is 248 g/mol. The van der Waals surface area contributed by atoms with Crippen LogP contribution in [-0.4, -0.2) is 26.7 Å². The van der Waals surface area contributed by atoms with Crippen LogP contribution in [0.25, 0.3) is 0 Å². The Balaban J connectivity index is 2.10. The molecule has 102 valence electrons. The Bertz CT molecular complexity index is 305. The van der Waals surface area contributed by atoms with E-state index in [1.807, 2.05) is 0 Å². The predicted octanol–water partition coefficient (Wildman–Crippen LogP) is 3.60. The van der Waals surface area contributed by atoms with Crippen molar-refractivity contribution in [1.82, 2.24) is 5.32 Å². The average Bonchev–Trinajstić information content (AvgIpc) is 2.38. The molecule has 0 radical (unpaired) electrons. The maximum absolute atomic E-state index is 3.37. The van der Waals surface area contributed by atoms with Crippen LogP contribution in [0.1, 0.15) is 38.2 Å². The molecule has 0 aliphatic rings. The Morgan fingerprint density at radius 1 is 1.00 bits per heavy atom. The second-order valence-corrected chi connectivity index (χ2v) is 5.02. The van der Waals surface area contributed by atoms with Gasteiger partial charge in [-0.2, -0.15) is 0 Å². The first kappa shape index (κ1) is 15.0. The first-order valence-corrected chi connectivity index (χ1v) is 7.22. The number of hydrogen-bond acceptors (Lipinski definition) is 2. The lowest BCUT2D eigenvalue weighted by atomic mass is 10.1. The first-order valence-electron chi connectivity index (χ1n) is 7.22. The van der Waals surface area contributed by atoms with Crippen molar-refractivity contribution in [2.45, 2.75) is 39.5 Å². The van der Waals surface area contributed by atoms with Crippen molar-refractivity contribution >= 4 is 5.69 Å². The molecule has 1 rings (SSSR count). The highest BCUT2D eigenvalue weighted by atomic mass is 15.1. The first-order chi connectivity index (χ1) is 8.74. The summed E-state index contributed by atoms with van der Waals surface area (Å²) >= 11 is 0. The molecule has 1 aromatic rings. The van der Waals surface area contributed by atoms with Gasteiger partial charge in [0.1, 0.15) is 0 Å². The van der Waals surface area contributed by atoms with Gasteiger partial charge in [-0.1, -0.05) is 37.5 Å². The van der Waals surface area contributed by atoms with Crippen molar-refractivity contribution in [1.29, 1.82) is 0 Å². The summed E-state index contributed by atoms with van der Waals surface area (Å²) in [5.74, 6) is 0. The Morgan fingerprint density at radius 2 is 1.67 bits per heavy atom. The maximum Gasteiger partial charge on any atom is 0.0363 e. The minimum absolute atomic E-state index is 1.09. The molecule has 0 bridgehead atoms. The van der Waals surface area contributed by atoms with Gasteiger partial charge in [0, 0.05) is 19.3 Å². The van der Waals surface area contributed by atoms with Crippen molar-refractivity contribution < 1.29 is 0 Å². The normalized spacial score (nSPS) is 10.6. The highest BCUT2D eigenvalue weighted by molar-refractivity contribution is 5.46. The fraction of sp³-hybridized carbons (Fsp3) is 0.625. The largest absolute Gasteiger partial charge is 0.375 e. The summed E-state index contributed by atoms with van der Waals surface area (Å²) in [6.07, 6.45) is 5.27. The third kappa shape index (κ3) is 6.06. The van der Waals surface area contributed by atoms with Crippen molar-refractivity contribution in [3.63, 3.8) is 0 Å². The van der Waals surface area contributed by atoms with Crippen molar-refractivity contribution in [3.05, 3.63) is 29.8 Å². The molecule has 0 aliphatic carbocycles. The Hall–Kier alpha value is -1.02. The van der Waals surface area contributed by atoms with Crippen LogP contribution in [-0.2, 0) is 0 Å². The van der Waals surface area contributed by atoms with Crippen LogP contribution < -0.4 is 10.2 Å². The van der Waals surface area contributed by atoms with Gasteiger partial charge in [-0.3, -0.25) is 0 Å². The van der Waals surface area contributed by atoms with Gasteiger partial charge in [0.25, 0.3) is 0 Å². The van der Waals surface area contributed by atoms with Gasteiger partial charge in [-0.25, -0.2) is 0 Å². The number of rotatable bonds is 9. The predicted molar refractivity (Wildman–Crippen MR) is 81.5 cm³/mol. The van der Waals surface area contributed by atoms with Crippen LogP contribution in [0.2, 0.25) is 0 Å². The summed E-state index contributed by atoms with van der Waals surface area (Å²) in [5, 5.41) is 3.37. The second-order valence-electron chi connectivity index (χ2n) is 5.02. The van der Waals surface area contributed by atoms with E-state index in [1.54, 1.807) is 0 Å². The van der Waals surface area contributed by atoms with Gasteiger partial charge in [-0.05, 0) is 45.0 Å². The zero-order valence-corrected chi connectivity index (χ0v) is 12.2. The van der Waals surface area contributed by atoms with E-state index >= 15 is 0 Å². The Morgan fingerprint density at radius 3 is 2.33 bits per heavy atom. The zero-order valence-electron chi connectivity index (χ0n) is 12.2. The minimum Gasteiger partial charge on any atom is -0.375 e. The highest BCUT2D eigenvalue weighted by Gasteiger charge is 1.99. The molecular weight excluding hydrogens is 220 g/mol. The van der Waals surface area contributed by atoms with Gasteiger partial charge in [0.15, 0.2) is 0 Å². The number of unbranched alkanes of at least 4 members (excludes halogenated alkanes) is 3. The van der Waals surface area contributed by atoms with Crippen LogP contribution >= 0.6 is 0 Å². The molecule has 18 heavy (non-hydrogen) atoms. The van der Waals surface area contributed by atoms with E-state index in [0.29, 0.717) is 0 Å². The molecule has 2 heteroatoms. The molecule has 1 aromatic carbocycles. The smallest absolute Gasteiger partial charge is 0.0363 e. The fourth-order valence-corrected chi connectivity index (χ4v) is 2.06. The molecule has 2 nitrogen and oxygen atoms in total. The van der Waals surface area contributed by atoms with Gasteiger partial charge in [-0.15, -0.1) is 0 Å². The van der Waals surface area contributed by atoms with Gasteiger partial charge < -0.3 is 10.2 Å². The van der Waals surface area contributed by atoms with Gasteiger partial charge in [0.2, 0.25) is 0 Å². The number of benzene rings is 1. The molecule has 0 aliphatic heterocycles. The van der Waals surface area contributed by atoms with Crippen LogP contribution in [0.4, 0.5) is 5.69 Å². The standard InChI is InChI=1S/C16H28N2/c1-4-17-13-7-5-6-8-14-18(3)16-11-9-15(2)10-12-16/h9-12,17H,4-8,13-14H2,1-3H3. The summed E-state index contributed by atoms with van der Waals surface area (Å²) in [4.78, 5) is 2.35. The van der Waals surface area contributed by atoms with Crippen molar-refractivity contribution in [2.24, 2.45) is 0 Å². The molecule has 0 fully saturated rings. The van der Waals surface area contributed by atoms with E-state index in [2.05, 4.69) is 55.4 Å². The monoisotopic (exact) mass is 248 g/mol. The molecule has 0 unspecified atom stereocenters. The lowest BCUT2D eigenvalue weighted by Crippen LogP contribution is -2.18. The molecule has 0 amide bonds. The number of nitrogens with one attached hydrogen (secondary N) is 1.